The van der Waals surface area contributed by atoms with Crippen LogP contribution in [0.3, 0.4) is 0 Å². The molecule has 0 spiro atoms. The number of β-amino-alcohol motifs (C(OH)–C–C–N with tert-alkyl or cyclic N) is 1. The third-order valence-corrected chi connectivity index (χ3v) is 7.60. The minimum Gasteiger partial charge on any atom is -0.386 e. The summed E-state index contributed by atoms with van der Waals surface area (Å²) in [5.41, 5.74) is 0.427. The maximum absolute atomic E-state index is 13.1. The first-order valence-corrected chi connectivity index (χ1v) is 12.7. The molecule has 0 aliphatic carbocycles. The van der Waals surface area contributed by atoms with Gasteiger partial charge in [0.15, 0.2) is 11.2 Å². The van der Waals surface area contributed by atoms with Gasteiger partial charge in [-0.05, 0) is 38.8 Å². The minimum absolute atomic E-state index is 0.00770. The highest BCUT2D eigenvalue weighted by Crippen LogP contribution is 2.33. The lowest BCUT2D eigenvalue weighted by Gasteiger charge is -2.43. The number of aromatic nitrogens is 6. The summed E-state index contributed by atoms with van der Waals surface area (Å²) in [4.78, 5) is 49.0. The summed E-state index contributed by atoms with van der Waals surface area (Å²) in [6, 6.07) is 7.58. The van der Waals surface area contributed by atoms with Crippen LogP contribution < -0.4 is 11.2 Å². The van der Waals surface area contributed by atoms with Gasteiger partial charge < -0.3 is 19.1 Å². The van der Waals surface area contributed by atoms with Gasteiger partial charge >= 0.3 is 5.69 Å². The fourth-order valence-electron chi connectivity index (χ4n) is 5.64. The Balaban J connectivity index is 1.28. The zero-order valence-corrected chi connectivity index (χ0v) is 21.7. The zero-order chi connectivity index (χ0) is 26.5. The second kappa shape index (κ2) is 9.29. The van der Waals surface area contributed by atoms with Gasteiger partial charge in [0.1, 0.15) is 11.4 Å². The number of fused-ring (bicyclic) bond motifs is 2. The number of para-hydroxylation sites is 2. The average Bonchev–Trinajstić information content (AvgIpc) is 3.47. The highest BCUT2D eigenvalue weighted by molar-refractivity contribution is 5.77. The van der Waals surface area contributed by atoms with Gasteiger partial charge in [-0.1, -0.05) is 12.1 Å². The van der Waals surface area contributed by atoms with Crippen molar-refractivity contribution in [2.45, 2.75) is 57.7 Å². The molecule has 0 unspecified atom stereocenters. The lowest BCUT2D eigenvalue weighted by Crippen LogP contribution is -2.54. The van der Waals surface area contributed by atoms with E-state index >= 15 is 0 Å². The smallest absolute Gasteiger partial charge is 0.332 e. The number of likely N-dealkylation sites (tertiary alicyclic amines) is 1. The predicted molar refractivity (Wildman–Crippen MR) is 139 cm³/mol. The van der Waals surface area contributed by atoms with Crippen LogP contribution in [0.25, 0.3) is 22.2 Å². The lowest BCUT2D eigenvalue weighted by molar-refractivity contribution is -0.140. The number of aliphatic hydroxyl groups is 1. The molecule has 3 aromatic heterocycles. The Morgan fingerprint density at radius 3 is 2.68 bits per heavy atom. The van der Waals surface area contributed by atoms with Crippen LogP contribution in [0.2, 0.25) is 0 Å². The first-order chi connectivity index (χ1) is 17.6. The van der Waals surface area contributed by atoms with Crippen molar-refractivity contribution in [1.82, 2.24) is 33.1 Å². The maximum atomic E-state index is 13.1. The van der Waals surface area contributed by atoms with E-state index in [0.29, 0.717) is 32.2 Å². The number of imidazole rings is 2. The van der Waals surface area contributed by atoms with Gasteiger partial charge in [-0.15, -0.1) is 0 Å². The van der Waals surface area contributed by atoms with Gasteiger partial charge in [-0.25, -0.2) is 14.8 Å². The normalized spacial score (nSPS) is 20.2. The molecule has 37 heavy (non-hydrogen) atoms. The Morgan fingerprint density at radius 2 is 1.95 bits per heavy atom. The number of carbonyl (C=O) groups is 1. The first-order valence-electron chi connectivity index (χ1n) is 12.7. The van der Waals surface area contributed by atoms with Gasteiger partial charge in [0.2, 0.25) is 5.91 Å². The number of aryl methyl sites for hydroxylation is 3. The molecule has 5 rings (SSSR count). The van der Waals surface area contributed by atoms with E-state index in [9.17, 15) is 19.5 Å². The Hall–Kier alpha value is -3.73. The van der Waals surface area contributed by atoms with E-state index in [0.717, 1.165) is 28.0 Å². The fraction of sp³-hybridized carbons (Fsp3) is 0.500. The molecule has 11 heteroatoms. The molecule has 1 aromatic carbocycles. The Bertz CT molecular complexity index is 1610. The summed E-state index contributed by atoms with van der Waals surface area (Å²) in [6.07, 6.45) is 3.69. The summed E-state index contributed by atoms with van der Waals surface area (Å²) < 4.78 is 6.22. The van der Waals surface area contributed by atoms with Gasteiger partial charge in [0, 0.05) is 40.0 Å². The van der Waals surface area contributed by atoms with Crippen molar-refractivity contribution in [3.63, 3.8) is 0 Å². The second-order valence-electron chi connectivity index (χ2n) is 10.1. The molecule has 1 N–H and O–H groups in total. The number of carbonyl (C=O) groups excluding carboxylic acids is 1. The van der Waals surface area contributed by atoms with Gasteiger partial charge in [0.05, 0.1) is 29.9 Å². The monoisotopic (exact) mass is 507 g/mol. The molecule has 1 saturated heterocycles. The third kappa shape index (κ3) is 4.16. The van der Waals surface area contributed by atoms with E-state index in [1.165, 1.54) is 17.9 Å². The zero-order valence-electron chi connectivity index (χ0n) is 21.7. The molecular weight excluding hydrogens is 474 g/mol. The number of nitrogens with zero attached hydrogens (tertiary/aromatic N) is 7. The van der Waals surface area contributed by atoms with E-state index in [4.69, 9.17) is 4.98 Å². The van der Waals surface area contributed by atoms with Crippen LogP contribution in [0, 0.1) is 0 Å². The second-order valence-corrected chi connectivity index (χ2v) is 10.1. The molecule has 4 heterocycles. The fourth-order valence-corrected chi connectivity index (χ4v) is 5.64. The van der Waals surface area contributed by atoms with Gasteiger partial charge in [-0.2, -0.15) is 0 Å². The molecule has 4 aromatic rings. The average molecular weight is 508 g/mol. The molecule has 1 aliphatic heterocycles. The largest absolute Gasteiger partial charge is 0.386 e. The molecule has 0 saturated carbocycles. The SMILES string of the molecule is CCn1c(CCCC(=O)N2CC[C@@H](n3cnc4c3c(=O)n(C)c(=O)n4C)[C@](C)(O)C2)nc2ccccc21. The Morgan fingerprint density at radius 1 is 1.19 bits per heavy atom. The van der Waals surface area contributed by atoms with Crippen LogP contribution in [0.5, 0.6) is 0 Å². The number of piperidine rings is 1. The highest BCUT2D eigenvalue weighted by atomic mass is 16.3. The van der Waals surface area contributed by atoms with E-state index in [-0.39, 0.29) is 23.6 Å². The van der Waals surface area contributed by atoms with Crippen LogP contribution in [-0.4, -0.2) is 62.8 Å². The minimum atomic E-state index is -1.28. The Labute approximate surface area is 213 Å². The van der Waals surface area contributed by atoms with Gasteiger partial charge in [-0.3, -0.25) is 18.7 Å². The number of rotatable bonds is 6. The lowest BCUT2D eigenvalue weighted by atomic mass is 9.88. The van der Waals surface area contributed by atoms with Crippen molar-refractivity contribution in [3.8, 4) is 0 Å². The topological polar surface area (TPSA) is 120 Å². The van der Waals surface area contributed by atoms with E-state index in [1.54, 1.807) is 23.4 Å². The van der Waals surface area contributed by atoms with Crippen LogP contribution in [0.1, 0.15) is 45.0 Å². The van der Waals surface area contributed by atoms with Crippen LogP contribution >= 0.6 is 0 Å². The van der Waals surface area contributed by atoms with Crippen LogP contribution in [-0.2, 0) is 31.9 Å². The van der Waals surface area contributed by atoms with Crippen LogP contribution in [0.4, 0.5) is 0 Å². The molecule has 0 bridgehead atoms. The first kappa shape index (κ1) is 24.9. The summed E-state index contributed by atoms with van der Waals surface area (Å²) in [5, 5.41) is 11.4. The predicted octanol–water partition coefficient (Wildman–Crippen LogP) is 1.35. The molecule has 2 atom stereocenters. The number of benzene rings is 1. The van der Waals surface area contributed by atoms with Crippen LogP contribution in [0.15, 0.2) is 40.2 Å². The molecular formula is C26H33N7O4. The molecule has 1 aliphatic rings. The summed E-state index contributed by atoms with van der Waals surface area (Å²) >= 11 is 0. The van der Waals surface area contributed by atoms with E-state index in [2.05, 4.69) is 22.5 Å². The molecule has 196 valence electrons. The number of hydrogen-bond acceptors (Lipinski definition) is 6. The van der Waals surface area contributed by atoms with Crippen molar-refractivity contribution in [2.24, 2.45) is 14.1 Å². The highest BCUT2D eigenvalue weighted by Gasteiger charge is 2.41. The third-order valence-electron chi connectivity index (χ3n) is 7.60. The Kier molecular flexibility index (Phi) is 6.26. The summed E-state index contributed by atoms with van der Waals surface area (Å²) in [6.45, 7) is 5.20. The summed E-state index contributed by atoms with van der Waals surface area (Å²) in [7, 11) is 2.99. The van der Waals surface area contributed by atoms with E-state index < -0.39 is 22.9 Å². The van der Waals surface area contributed by atoms with Gasteiger partial charge in [0.25, 0.3) is 5.56 Å². The molecule has 11 nitrogen and oxygen atoms in total. The molecule has 1 fully saturated rings. The molecule has 1 amide bonds. The van der Waals surface area contributed by atoms with E-state index in [1.807, 2.05) is 18.2 Å². The van der Waals surface area contributed by atoms with Crippen molar-refractivity contribution in [3.05, 3.63) is 57.3 Å². The molecule has 0 radical (unpaired) electrons. The maximum Gasteiger partial charge on any atom is 0.332 e. The number of amides is 1. The number of hydrogen-bond donors (Lipinski definition) is 1. The van der Waals surface area contributed by atoms with Crippen molar-refractivity contribution >= 4 is 28.1 Å². The van der Waals surface area contributed by atoms with Crippen molar-refractivity contribution < 1.29 is 9.90 Å². The van der Waals surface area contributed by atoms with Crippen molar-refractivity contribution in [1.29, 1.82) is 0 Å². The quantitative estimate of drug-likeness (QED) is 0.421. The summed E-state index contributed by atoms with van der Waals surface area (Å²) in [5.74, 6) is 0.969. The standard InChI is InChI=1S/C26H33N7O4/c1-5-32-18-10-7-6-9-17(18)28-20(32)11-8-12-21(34)31-14-13-19(26(2,37)15-31)33-16-27-23-22(33)24(35)30(4)25(36)29(23)3/h6-7,9-10,16,19,37H,5,8,11-15H2,1-4H3/t19-,26-/m1/s1. The van der Waals surface area contributed by atoms with Crippen molar-refractivity contribution in [2.75, 3.05) is 13.1 Å².